The zero-order valence-electron chi connectivity index (χ0n) is 16.7. The molecule has 1 N–H and O–H groups in total. The average molecular weight is 545 g/mol. The predicted molar refractivity (Wildman–Crippen MR) is 132 cm³/mol. The van der Waals surface area contributed by atoms with E-state index in [9.17, 15) is 9.59 Å². The fourth-order valence-corrected chi connectivity index (χ4v) is 3.62. The molecular formula is C23H20IN3O3S. The fraction of sp³-hybridized carbons (Fsp3) is 0.130. The normalized spacial score (nSPS) is 10.3. The smallest absolute Gasteiger partial charge is 0.338 e. The van der Waals surface area contributed by atoms with Gasteiger partial charge in [0, 0.05) is 27.2 Å². The van der Waals surface area contributed by atoms with E-state index in [2.05, 4.69) is 32.9 Å². The molecule has 8 heteroatoms. The highest BCUT2D eigenvalue weighted by Crippen LogP contribution is 2.19. The van der Waals surface area contributed by atoms with E-state index in [1.165, 1.54) is 0 Å². The van der Waals surface area contributed by atoms with Crippen molar-refractivity contribution in [3.05, 3.63) is 93.3 Å². The summed E-state index contributed by atoms with van der Waals surface area (Å²) in [6.45, 7) is 2.49. The third-order valence-electron chi connectivity index (χ3n) is 4.33. The van der Waals surface area contributed by atoms with Crippen molar-refractivity contribution in [3.63, 3.8) is 0 Å². The fourth-order valence-electron chi connectivity index (χ4n) is 2.81. The Morgan fingerprint density at radius 2 is 1.77 bits per heavy atom. The van der Waals surface area contributed by atoms with Crippen LogP contribution < -0.4 is 10.2 Å². The molecule has 1 aromatic heterocycles. The quantitative estimate of drug-likeness (QED) is 0.278. The molecular weight excluding hydrogens is 525 g/mol. The molecule has 158 valence electrons. The Kier molecular flexibility index (Phi) is 8.07. The second-order valence-corrected chi connectivity index (χ2v) is 8.11. The van der Waals surface area contributed by atoms with E-state index in [0.29, 0.717) is 24.3 Å². The van der Waals surface area contributed by atoms with Gasteiger partial charge in [0.15, 0.2) is 5.11 Å². The maximum absolute atomic E-state index is 12.7. The molecule has 3 rings (SSSR count). The van der Waals surface area contributed by atoms with Crippen LogP contribution >= 0.6 is 34.8 Å². The van der Waals surface area contributed by atoms with Gasteiger partial charge in [-0.05, 0) is 102 Å². The number of hydrogen-bond donors (Lipinski definition) is 1. The lowest BCUT2D eigenvalue weighted by atomic mass is 10.1. The Balaban J connectivity index is 1.84. The number of amides is 1. The molecule has 0 atom stereocenters. The molecule has 0 aliphatic carbocycles. The maximum atomic E-state index is 12.7. The van der Waals surface area contributed by atoms with Crippen molar-refractivity contribution in [2.75, 3.05) is 11.5 Å². The summed E-state index contributed by atoms with van der Waals surface area (Å²) < 4.78 is 6.00. The molecule has 0 spiro atoms. The van der Waals surface area contributed by atoms with Gasteiger partial charge in [0.1, 0.15) is 0 Å². The van der Waals surface area contributed by atoms with Gasteiger partial charge >= 0.3 is 5.97 Å². The number of anilines is 1. The molecule has 0 saturated heterocycles. The van der Waals surface area contributed by atoms with Crippen molar-refractivity contribution in [1.82, 2.24) is 10.3 Å². The van der Waals surface area contributed by atoms with Crippen molar-refractivity contribution in [2.24, 2.45) is 0 Å². The topological polar surface area (TPSA) is 71.5 Å². The van der Waals surface area contributed by atoms with Gasteiger partial charge in [0.25, 0.3) is 5.91 Å². The Labute approximate surface area is 199 Å². The van der Waals surface area contributed by atoms with Crippen LogP contribution in [0.5, 0.6) is 0 Å². The minimum absolute atomic E-state index is 0.254. The highest BCUT2D eigenvalue weighted by molar-refractivity contribution is 14.1. The molecule has 0 bridgehead atoms. The number of carbonyl (C=O) groups excluding carboxylic acids is 2. The van der Waals surface area contributed by atoms with E-state index in [4.69, 9.17) is 17.0 Å². The number of ether oxygens (including phenoxy) is 1. The molecule has 0 aliphatic rings. The molecule has 31 heavy (non-hydrogen) atoms. The van der Waals surface area contributed by atoms with Crippen LogP contribution in [0.2, 0.25) is 0 Å². The standard InChI is InChI=1S/C23H20IN3O3S/c1-2-30-22(29)17-6-8-20(9-7-17)27(15-16-10-12-25-13-11-16)23(31)26-21(28)18-4-3-5-19(24)14-18/h3-14H,2,15H2,1H3,(H,26,28,31). The number of halogens is 1. The maximum Gasteiger partial charge on any atom is 0.338 e. The highest BCUT2D eigenvalue weighted by atomic mass is 127. The van der Waals surface area contributed by atoms with Gasteiger partial charge in [-0.1, -0.05) is 6.07 Å². The first-order valence-corrected chi connectivity index (χ1v) is 11.0. The largest absolute Gasteiger partial charge is 0.462 e. The lowest BCUT2D eigenvalue weighted by Gasteiger charge is -2.26. The molecule has 6 nitrogen and oxygen atoms in total. The Morgan fingerprint density at radius 1 is 1.06 bits per heavy atom. The van der Waals surface area contributed by atoms with Crippen LogP contribution in [-0.2, 0) is 11.3 Å². The second-order valence-electron chi connectivity index (χ2n) is 6.48. The van der Waals surface area contributed by atoms with Gasteiger partial charge in [-0.3, -0.25) is 15.1 Å². The molecule has 0 aliphatic heterocycles. The molecule has 0 unspecified atom stereocenters. The summed E-state index contributed by atoms with van der Waals surface area (Å²) in [7, 11) is 0. The van der Waals surface area contributed by atoms with Crippen LogP contribution in [0.15, 0.2) is 73.1 Å². The number of hydrogen-bond acceptors (Lipinski definition) is 5. The number of rotatable bonds is 6. The monoisotopic (exact) mass is 545 g/mol. The van der Waals surface area contributed by atoms with Gasteiger partial charge in [-0.2, -0.15) is 0 Å². The van der Waals surface area contributed by atoms with Crippen LogP contribution in [0.25, 0.3) is 0 Å². The van der Waals surface area contributed by atoms with Crippen LogP contribution in [-0.4, -0.2) is 28.6 Å². The number of nitrogens with one attached hydrogen (secondary N) is 1. The molecule has 3 aromatic rings. The molecule has 0 saturated carbocycles. The van der Waals surface area contributed by atoms with Gasteiger partial charge < -0.3 is 9.64 Å². The lowest BCUT2D eigenvalue weighted by molar-refractivity contribution is 0.0526. The Morgan fingerprint density at radius 3 is 2.42 bits per heavy atom. The van der Waals surface area contributed by atoms with Crippen LogP contribution in [0.1, 0.15) is 33.2 Å². The van der Waals surface area contributed by atoms with Gasteiger partial charge in [0.2, 0.25) is 0 Å². The first-order valence-electron chi connectivity index (χ1n) is 9.52. The molecule has 0 radical (unpaired) electrons. The van der Waals surface area contributed by atoms with E-state index < -0.39 is 0 Å². The Hall–Kier alpha value is -2.85. The van der Waals surface area contributed by atoms with Crippen LogP contribution in [0.3, 0.4) is 0 Å². The predicted octanol–water partition coefficient (Wildman–Crippen LogP) is 4.58. The molecule has 0 fully saturated rings. The number of esters is 1. The zero-order chi connectivity index (χ0) is 22.2. The Bertz CT molecular complexity index is 1070. The minimum atomic E-state index is -0.385. The summed E-state index contributed by atoms with van der Waals surface area (Å²) in [6, 6.07) is 17.9. The number of pyridine rings is 1. The van der Waals surface area contributed by atoms with E-state index in [-0.39, 0.29) is 17.0 Å². The van der Waals surface area contributed by atoms with E-state index in [1.54, 1.807) is 60.6 Å². The van der Waals surface area contributed by atoms with Gasteiger partial charge in [-0.15, -0.1) is 0 Å². The SMILES string of the molecule is CCOC(=O)c1ccc(N(Cc2ccncc2)C(=S)NC(=O)c2cccc(I)c2)cc1. The third kappa shape index (κ3) is 6.31. The molecule has 2 aromatic carbocycles. The summed E-state index contributed by atoms with van der Waals surface area (Å²) in [4.78, 5) is 30.5. The summed E-state index contributed by atoms with van der Waals surface area (Å²) in [6.07, 6.45) is 3.40. The summed E-state index contributed by atoms with van der Waals surface area (Å²) in [5, 5.41) is 3.06. The number of benzene rings is 2. The van der Waals surface area contributed by atoms with Gasteiger partial charge in [0.05, 0.1) is 18.7 Å². The van der Waals surface area contributed by atoms with Crippen molar-refractivity contribution < 1.29 is 14.3 Å². The number of aromatic nitrogens is 1. The van der Waals surface area contributed by atoms with E-state index in [1.807, 2.05) is 24.3 Å². The third-order valence-corrected chi connectivity index (χ3v) is 5.33. The van der Waals surface area contributed by atoms with E-state index in [0.717, 1.165) is 14.8 Å². The van der Waals surface area contributed by atoms with Crippen LogP contribution in [0, 0.1) is 3.57 Å². The summed E-state index contributed by atoms with van der Waals surface area (Å²) in [5.41, 5.74) is 2.67. The molecule has 1 heterocycles. The molecule has 1 amide bonds. The van der Waals surface area contributed by atoms with Crippen molar-refractivity contribution in [3.8, 4) is 0 Å². The summed E-state index contributed by atoms with van der Waals surface area (Å²) in [5.74, 6) is -0.671. The lowest BCUT2D eigenvalue weighted by Crippen LogP contribution is -2.42. The highest BCUT2D eigenvalue weighted by Gasteiger charge is 2.17. The zero-order valence-corrected chi connectivity index (χ0v) is 19.7. The second kappa shape index (κ2) is 11.0. The minimum Gasteiger partial charge on any atom is -0.462 e. The van der Waals surface area contributed by atoms with Crippen molar-refractivity contribution in [1.29, 1.82) is 0 Å². The first-order chi connectivity index (χ1) is 15.0. The average Bonchev–Trinajstić information content (AvgIpc) is 2.78. The summed E-state index contributed by atoms with van der Waals surface area (Å²) >= 11 is 7.73. The van der Waals surface area contributed by atoms with E-state index >= 15 is 0 Å². The number of thiocarbonyl (C=S) groups is 1. The van der Waals surface area contributed by atoms with Crippen molar-refractivity contribution >= 4 is 57.5 Å². The van der Waals surface area contributed by atoms with Crippen LogP contribution in [0.4, 0.5) is 5.69 Å². The van der Waals surface area contributed by atoms with Crippen molar-refractivity contribution in [2.45, 2.75) is 13.5 Å². The van der Waals surface area contributed by atoms with Gasteiger partial charge in [-0.25, -0.2) is 4.79 Å². The number of carbonyl (C=O) groups is 2. The first kappa shape index (κ1) is 22.8. The number of nitrogens with zero attached hydrogens (tertiary/aromatic N) is 2.